The maximum Gasteiger partial charge on any atom is 0.354 e. The molecule has 0 bridgehead atoms. The number of carbonyl (C=O) groups is 3. The molecular formula is C50H39N5O6. The van der Waals surface area contributed by atoms with Crippen molar-refractivity contribution in [1.29, 1.82) is 5.26 Å². The molecule has 0 spiro atoms. The number of ketones is 2. The number of rotatable bonds is 9. The Morgan fingerprint density at radius 1 is 0.574 bits per heavy atom. The number of carboxylic acids is 1. The summed E-state index contributed by atoms with van der Waals surface area (Å²) < 4.78 is 3.60. The molecule has 0 aliphatic rings. The zero-order valence-corrected chi connectivity index (χ0v) is 33.8. The van der Waals surface area contributed by atoms with E-state index >= 15 is 0 Å². The molecule has 0 unspecified atom stereocenters. The van der Waals surface area contributed by atoms with E-state index in [1.54, 1.807) is 83.6 Å². The minimum absolute atomic E-state index is 0.0609. The summed E-state index contributed by atoms with van der Waals surface area (Å²) in [6.07, 6.45) is 3.14. The van der Waals surface area contributed by atoms with Crippen LogP contribution in [0.3, 0.4) is 0 Å². The molecule has 0 atom stereocenters. The van der Waals surface area contributed by atoms with Gasteiger partial charge in [-0.25, -0.2) is 14.8 Å². The summed E-state index contributed by atoms with van der Waals surface area (Å²) in [5.41, 5.74) is 7.44. The molecule has 1 N–H and O–H groups in total. The van der Waals surface area contributed by atoms with E-state index in [1.165, 1.54) is 12.3 Å². The number of fused-ring (bicyclic) bond motifs is 2. The van der Waals surface area contributed by atoms with Crippen LogP contribution in [0, 0.1) is 39.0 Å². The van der Waals surface area contributed by atoms with Crippen LogP contribution in [0.15, 0.2) is 143 Å². The Morgan fingerprint density at radius 3 is 1.49 bits per heavy atom. The highest BCUT2D eigenvalue weighted by Gasteiger charge is 2.20. The number of nitrogens with zero attached hydrogens (tertiary/aromatic N) is 5. The predicted octanol–water partition coefficient (Wildman–Crippen LogP) is 8.16. The zero-order valence-electron chi connectivity index (χ0n) is 33.8. The van der Waals surface area contributed by atoms with Crippen molar-refractivity contribution in [3.05, 3.63) is 221 Å². The van der Waals surface area contributed by atoms with E-state index < -0.39 is 5.97 Å². The van der Waals surface area contributed by atoms with E-state index in [0.29, 0.717) is 56.6 Å². The molecule has 11 heteroatoms. The number of hydrogen-bond donors (Lipinski definition) is 1. The summed E-state index contributed by atoms with van der Waals surface area (Å²) in [4.78, 5) is 72.4. The van der Waals surface area contributed by atoms with E-state index in [-0.39, 0.29) is 45.8 Å². The van der Waals surface area contributed by atoms with Crippen molar-refractivity contribution in [3.8, 4) is 6.07 Å². The van der Waals surface area contributed by atoms with Crippen molar-refractivity contribution in [2.75, 3.05) is 0 Å². The summed E-state index contributed by atoms with van der Waals surface area (Å²) >= 11 is 0. The van der Waals surface area contributed by atoms with Gasteiger partial charge in [0.15, 0.2) is 11.6 Å². The quantitative estimate of drug-likeness (QED) is 0.142. The number of para-hydroxylation sites is 2. The Morgan fingerprint density at radius 2 is 1.03 bits per heavy atom. The summed E-state index contributed by atoms with van der Waals surface area (Å²) in [7, 11) is 0. The van der Waals surface area contributed by atoms with E-state index in [1.807, 2.05) is 80.8 Å². The van der Waals surface area contributed by atoms with E-state index in [0.717, 1.165) is 22.3 Å². The molecule has 0 aliphatic carbocycles. The fraction of sp³-hybridized carbons (Fsp3) is 0.120. The number of nitriles is 1. The van der Waals surface area contributed by atoms with Crippen molar-refractivity contribution >= 4 is 39.3 Å². The summed E-state index contributed by atoms with van der Waals surface area (Å²) in [6.45, 7) is 8.36. The smallest absolute Gasteiger partial charge is 0.354 e. The molecule has 8 aromatic rings. The van der Waals surface area contributed by atoms with E-state index in [2.05, 4.69) is 9.97 Å². The van der Waals surface area contributed by atoms with E-state index in [9.17, 15) is 29.1 Å². The lowest BCUT2D eigenvalue weighted by atomic mass is 9.99. The largest absolute Gasteiger partial charge is 0.477 e. The van der Waals surface area contributed by atoms with Crippen molar-refractivity contribution < 1.29 is 19.5 Å². The molecule has 61 heavy (non-hydrogen) atoms. The van der Waals surface area contributed by atoms with Gasteiger partial charge in [-0.1, -0.05) is 60.7 Å². The molecule has 4 aromatic heterocycles. The van der Waals surface area contributed by atoms with Crippen LogP contribution in [0.2, 0.25) is 0 Å². The lowest BCUT2D eigenvalue weighted by Crippen LogP contribution is -2.20. The van der Waals surface area contributed by atoms with Crippen molar-refractivity contribution in [3.63, 3.8) is 0 Å². The van der Waals surface area contributed by atoms with Crippen LogP contribution >= 0.6 is 0 Å². The lowest BCUT2D eigenvalue weighted by Gasteiger charge is -2.13. The number of pyridine rings is 4. The van der Waals surface area contributed by atoms with Crippen LogP contribution in [0.5, 0.6) is 0 Å². The van der Waals surface area contributed by atoms with Crippen molar-refractivity contribution in [2.24, 2.45) is 0 Å². The Bertz CT molecular complexity index is 3230. The van der Waals surface area contributed by atoms with Gasteiger partial charge >= 0.3 is 5.97 Å². The predicted molar refractivity (Wildman–Crippen MR) is 233 cm³/mol. The second-order valence-corrected chi connectivity index (χ2v) is 14.7. The highest BCUT2D eigenvalue weighted by atomic mass is 16.4. The molecule has 0 radical (unpaired) electrons. The lowest BCUT2D eigenvalue weighted by molar-refractivity contribution is 0.0689. The standard InChI is InChI=1S/C25H19N3O2.C25H20N2O4/c1-16-10-11-18(12-17(16)2)24(29)22-15-28(14-20-7-5-6-19(13-26)27-20)23-9-4-3-8-21(23)25(22)30;1-15-10-11-17(12-16(15)2)23(28)20-14-27(22-9-4-3-7-19(22)24(20)29)13-18-6-5-8-21(26-18)25(30)31/h3-12,15H,14H2,1-2H3;3-12,14H,13H2,1-2H3,(H,30,31). The monoisotopic (exact) mass is 805 g/mol. The van der Waals surface area contributed by atoms with Gasteiger partial charge < -0.3 is 14.2 Å². The fourth-order valence-electron chi connectivity index (χ4n) is 7.02. The number of carboxylic acid groups (broad SMARTS) is 1. The maximum absolute atomic E-state index is 13.2. The summed E-state index contributed by atoms with van der Waals surface area (Å²) in [5.74, 6) is -1.77. The fourth-order valence-corrected chi connectivity index (χ4v) is 7.02. The first kappa shape index (κ1) is 41.1. The molecule has 0 saturated carbocycles. The number of benzene rings is 4. The molecule has 0 amide bonds. The minimum atomic E-state index is -1.11. The molecule has 0 aliphatic heterocycles. The normalized spacial score (nSPS) is 10.8. The molecule has 11 nitrogen and oxygen atoms in total. The topological polar surface area (TPSA) is 165 Å². The number of aromatic nitrogens is 4. The molecule has 8 rings (SSSR count). The van der Waals surface area contributed by atoms with Crippen LogP contribution in [-0.4, -0.2) is 41.7 Å². The highest BCUT2D eigenvalue weighted by molar-refractivity contribution is 6.11. The third-order valence-corrected chi connectivity index (χ3v) is 10.6. The summed E-state index contributed by atoms with van der Waals surface area (Å²) in [6, 6.07) is 37.1. The van der Waals surface area contributed by atoms with Gasteiger partial charge in [-0.05, 0) is 111 Å². The van der Waals surface area contributed by atoms with Crippen molar-refractivity contribution in [1.82, 2.24) is 19.1 Å². The Balaban J connectivity index is 0.000000184. The van der Waals surface area contributed by atoms with Gasteiger partial charge in [0.2, 0.25) is 10.9 Å². The maximum atomic E-state index is 13.2. The second kappa shape index (κ2) is 17.4. The molecule has 0 saturated heterocycles. The third kappa shape index (κ3) is 8.70. The Labute approximate surface area is 350 Å². The van der Waals surface area contributed by atoms with Gasteiger partial charge in [0.1, 0.15) is 17.5 Å². The minimum Gasteiger partial charge on any atom is -0.477 e. The number of carbonyl (C=O) groups excluding carboxylic acids is 2. The van der Waals surface area contributed by atoms with Crippen LogP contribution in [-0.2, 0) is 13.1 Å². The number of aromatic carboxylic acids is 1. The highest BCUT2D eigenvalue weighted by Crippen LogP contribution is 2.20. The average Bonchev–Trinajstić information content (AvgIpc) is 3.27. The number of hydrogen-bond acceptors (Lipinski definition) is 8. The second-order valence-electron chi connectivity index (χ2n) is 14.7. The first-order valence-electron chi connectivity index (χ1n) is 19.4. The van der Waals surface area contributed by atoms with E-state index in [4.69, 9.17) is 5.26 Å². The van der Waals surface area contributed by atoms with Crippen molar-refractivity contribution in [2.45, 2.75) is 40.8 Å². The van der Waals surface area contributed by atoms with Crippen LogP contribution < -0.4 is 10.9 Å². The summed E-state index contributed by atoms with van der Waals surface area (Å²) in [5, 5.41) is 19.2. The molecule has 4 heterocycles. The van der Waals surface area contributed by atoms with Gasteiger partial charge in [-0.2, -0.15) is 5.26 Å². The first-order valence-corrected chi connectivity index (χ1v) is 19.4. The van der Waals surface area contributed by atoms with Crippen LogP contribution in [0.25, 0.3) is 21.8 Å². The van der Waals surface area contributed by atoms with Crippen LogP contribution in [0.4, 0.5) is 0 Å². The van der Waals surface area contributed by atoms with Gasteiger partial charge in [-0.15, -0.1) is 0 Å². The van der Waals surface area contributed by atoms with Gasteiger partial charge in [0, 0.05) is 34.3 Å². The molecule has 300 valence electrons. The van der Waals surface area contributed by atoms with Gasteiger partial charge in [-0.3, -0.25) is 19.2 Å². The SMILES string of the molecule is Cc1ccc(C(=O)c2cn(Cc3cccc(C#N)n3)c3ccccc3c2=O)cc1C.Cc1ccc(C(=O)c2cn(Cc3cccc(C(=O)O)n3)c3ccccc3c2=O)cc1C. The Kier molecular flexibility index (Phi) is 11.7. The third-order valence-electron chi connectivity index (χ3n) is 10.6. The van der Waals surface area contributed by atoms with Crippen LogP contribution in [0.1, 0.15) is 81.7 Å². The Hall–Kier alpha value is -8.10. The first-order chi connectivity index (χ1) is 29.3. The van der Waals surface area contributed by atoms with Gasteiger partial charge in [0.05, 0.1) is 46.6 Å². The van der Waals surface area contributed by atoms with Gasteiger partial charge in [0.25, 0.3) is 0 Å². The molecular weight excluding hydrogens is 767 g/mol. The molecule has 0 fully saturated rings. The average molecular weight is 806 g/mol. The zero-order chi connectivity index (χ0) is 43.4. The number of aryl methyl sites for hydroxylation is 4. The molecule has 4 aromatic carbocycles.